The van der Waals surface area contributed by atoms with Gasteiger partial charge in [-0.3, -0.25) is 4.79 Å². The van der Waals surface area contributed by atoms with Crippen LogP contribution in [0.3, 0.4) is 0 Å². The Balaban J connectivity index is 1.83. The number of anilines is 3. The molecule has 10 heteroatoms. The predicted molar refractivity (Wildman–Crippen MR) is 104 cm³/mol. The normalized spacial score (nSPS) is 10.9. The first kappa shape index (κ1) is 19.2. The molecule has 4 N–H and O–H groups in total. The molecule has 0 atom stereocenters. The minimum Gasteiger partial charge on any atom is -0.497 e. The number of nitrogens with one attached hydrogen (secondary N) is 2. The smallest absolute Gasteiger partial charge is 0.201 e. The third-order valence-corrected chi connectivity index (χ3v) is 4.49. The molecule has 2 aromatic carbocycles. The number of methoxy groups -OCH3 is 1. The molecule has 0 aliphatic carbocycles. The summed E-state index contributed by atoms with van der Waals surface area (Å²) in [4.78, 5) is 23.8. The Labute approximate surface area is 167 Å². The van der Waals surface area contributed by atoms with E-state index in [1.807, 2.05) is 0 Å². The highest BCUT2D eigenvalue weighted by Gasteiger charge is 2.25. The summed E-state index contributed by atoms with van der Waals surface area (Å²) in [5, 5.41) is 2.91. The summed E-state index contributed by atoms with van der Waals surface area (Å²) in [6, 6.07) is 6.06. The highest BCUT2D eigenvalue weighted by atomic mass is 19.1. The fraction of sp³-hybridized carbons (Fsp3) is 0.0500. The first-order valence-electron chi connectivity index (χ1n) is 8.61. The lowest BCUT2D eigenvalue weighted by atomic mass is 10.0. The summed E-state index contributed by atoms with van der Waals surface area (Å²) in [6.45, 7) is 0. The van der Waals surface area contributed by atoms with E-state index in [1.54, 1.807) is 0 Å². The van der Waals surface area contributed by atoms with Crippen molar-refractivity contribution in [1.82, 2.24) is 15.0 Å². The molecule has 30 heavy (non-hydrogen) atoms. The van der Waals surface area contributed by atoms with Crippen LogP contribution in [0.2, 0.25) is 0 Å². The van der Waals surface area contributed by atoms with Gasteiger partial charge in [0.2, 0.25) is 5.78 Å². The number of carbonyl (C=O) groups excluding carboxylic acids is 1. The third-order valence-electron chi connectivity index (χ3n) is 4.49. The molecule has 4 rings (SSSR count). The second-order valence-electron chi connectivity index (χ2n) is 6.27. The minimum absolute atomic E-state index is 0.0525. The first-order chi connectivity index (χ1) is 14.4. The van der Waals surface area contributed by atoms with Gasteiger partial charge < -0.3 is 20.8 Å². The second-order valence-corrected chi connectivity index (χ2v) is 6.27. The Bertz CT molecular complexity index is 1290. The van der Waals surface area contributed by atoms with Gasteiger partial charge in [-0.15, -0.1) is 0 Å². The molecule has 0 fully saturated rings. The van der Waals surface area contributed by atoms with Gasteiger partial charge in [-0.2, -0.15) is 0 Å². The topological polar surface area (TPSA) is 106 Å². The van der Waals surface area contributed by atoms with Crippen LogP contribution in [0.4, 0.5) is 30.4 Å². The summed E-state index contributed by atoms with van der Waals surface area (Å²) in [5.74, 6) is -3.43. The molecule has 0 saturated carbocycles. The fourth-order valence-electron chi connectivity index (χ4n) is 3.00. The van der Waals surface area contributed by atoms with E-state index >= 15 is 0 Å². The predicted octanol–water partition coefficient (Wildman–Crippen LogP) is 3.94. The molecule has 2 heterocycles. The van der Waals surface area contributed by atoms with Crippen LogP contribution in [-0.2, 0) is 0 Å². The molecule has 0 aliphatic rings. The van der Waals surface area contributed by atoms with Gasteiger partial charge in [-0.25, -0.2) is 23.1 Å². The van der Waals surface area contributed by atoms with E-state index in [0.29, 0.717) is 5.75 Å². The van der Waals surface area contributed by atoms with Crippen molar-refractivity contribution in [2.24, 2.45) is 0 Å². The zero-order valence-corrected chi connectivity index (χ0v) is 15.5. The zero-order valence-electron chi connectivity index (χ0n) is 15.5. The van der Waals surface area contributed by atoms with Gasteiger partial charge in [0.25, 0.3) is 0 Å². The third kappa shape index (κ3) is 3.17. The largest absolute Gasteiger partial charge is 0.497 e. The van der Waals surface area contributed by atoms with Gasteiger partial charge in [0.15, 0.2) is 5.82 Å². The molecule has 0 saturated heterocycles. The van der Waals surface area contributed by atoms with Crippen LogP contribution in [0, 0.1) is 17.5 Å². The van der Waals surface area contributed by atoms with Crippen LogP contribution in [0.1, 0.15) is 15.9 Å². The summed E-state index contributed by atoms with van der Waals surface area (Å²) >= 11 is 0. The van der Waals surface area contributed by atoms with Crippen molar-refractivity contribution in [2.45, 2.75) is 0 Å². The molecule has 2 aromatic heterocycles. The monoisotopic (exact) mass is 413 g/mol. The molecule has 0 amide bonds. The lowest BCUT2D eigenvalue weighted by Crippen LogP contribution is -2.10. The molecule has 152 valence electrons. The van der Waals surface area contributed by atoms with Crippen LogP contribution in [0.15, 0.2) is 42.9 Å². The van der Waals surface area contributed by atoms with Crippen LogP contribution < -0.4 is 15.8 Å². The summed E-state index contributed by atoms with van der Waals surface area (Å²) in [7, 11) is 1.40. The van der Waals surface area contributed by atoms with Crippen LogP contribution >= 0.6 is 0 Å². The van der Waals surface area contributed by atoms with Crippen molar-refractivity contribution in [3.8, 4) is 5.75 Å². The van der Waals surface area contributed by atoms with Gasteiger partial charge in [0.05, 0.1) is 35.0 Å². The van der Waals surface area contributed by atoms with Gasteiger partial charge in [0, 0.05) is 12.3 Å². The molecule has 0 unspecified atom stereocenters. The number of aromatic amines is 1. The molecule has 0 aliphatic heterocycles. The van der Waals surface area contributed by atoms with Crippen molar-refractivity contribution in [3.05, 3.63) is 71.4 Å². The highest BCUT2D eigenvalue weighted by molar-refractivity contribution is 6.18. The van der Waals surface area contributed by atoms with Gasteiger partial charge >= 0.3 is 0 Å². The number of aromatic nitrogens is 3. The van der Waals surface area contributed by atoms with E-state index in [2.05, 4.69) is 20.3 Å². The standard InChI is InChI=1S/C20H14F3N5O2/c1-30-9-2-5-14(12(22)6-9)28-20-15-10(7-25-19(15)26-8-27-20)18(29)16-11(21)3-4-13(24)17(16)23/h2-8H,24H2,1H3,(H2,25,26,27,28). The van der Waals surface area contributed by atoms with E-state index in [4.69, 9.17) is 10.5 Å². The number of hydrogen-bond donors (Lipinski definition) is 3. The van der Waals surface area contributed by atoms with E-state index in [-0.39, 0.29) is 33.8 Å². The van der Waals surface area contributed by atoms with Gasteiger partial charge in [-0.05, 0) is 24.3 Å². The average Bonchev–Trinajstić information content (AvgIpc) is 3.17. The Morgan fingerprint density at radius 1 is 1.13 bits per heavy atom. The molecule has 0 radical (unpaired) electrons. The van der Waals surface area contributed by atoms with E-state index in [9.17, 15) is 18.0 Å². The van der Waals surface area contributed by atoms with E-state index in [0.717, 1.165) is 12.1 Å². The Kier molecular flexibility index (Phi) is 4.74. The fourth-order valence-corrected chi connectivity index (χ4v) is 3.00. The van der Waals surface area contributed by atoms with Crippen LogP contribution in [0.5, 0.6) is 5.75 Å². The highest BCUT2D eigenvalue weighted by Crippen LogP contribution is 2.31. The Morgan fingerprint density at radius 3 is 2.67 bits per heavy atom. The van der Waals surface area contributed by atoms with Crippen molar-refractivity contribution in [1.29, 1.82) is 0 Å². The quantitative estimate of drug-likeness (QED) is 0.338. The lowest BCUT2D eigenvalue weighted by molar-refractivity contribution is 0.103. The minimum atomic E-state index is -1.16. The average molecular weight is 413 g/mol. The number of rotatable bonds is 5. The van der Waals surface area contributed by atoms with Crippen molar-refractivity contribution in [2.75, 3.05) is 18.2 Å². The SMILES string of the molecule is COc1ccc(Nc2ncnc3[nH]cc(C(=O)c4c(F)ccc(N)c4F)c23)c(F)c1. The summed E-state index contributed by atoms with van der Waals surface area (Å²) < 4.78 is 47.9. The number of nitrogens with two attached hydrogens (primary N) is 1. The van der Waals surface area contributed by atoms with E-state index in [1.165, 1.54) is 37.8 Å². The summed E-state index contributed by atoms with van der Waals surface area (Å²) in [5.41, 5.74) is 4.47. The number of hydrogen-bond acceptors (Lipinski definition) is 6. The van der Waals surface area contributed by atoms with Gasteiger partial charge in [-0.1, -0.05) is 0 Å². The van der Waals surface area contributed by atoms with Crippen molar-refractivity contribution in [3.63, 3.8) is 0 Å². The van der Waals surface area contributed by atoms with Crippen LogP contribution in [-0.4, -0.2) is 27.8 Å². The number of nitrogens with zero attached hydrogens (tertiary/aromatic N) is 2. The number of ketones is 1. The number of nitrogen functional groups attached to an aromatic ring is 1. The Morgan fingerprint density at radius 2 is 1.93 bits per heavy atom. The van der Waals surface area contributed by atoms with E-state index < -0.39 is 28.8 Å². The summed E-state index contributed by atoms with van der Waals surface area (Å²) in [6.07, 6.45) is 2.44. The second kappa shape index (κ2) is 7.39. The molecule has 7 nitrogen and oxygen atoms in total. The molecular weight excluding hydrogens is 399 g/mol. The number of benzene rings is 2. The maximum atomic E-state index is 14.4. The van der Waals surface area contributed by atoms with Gasteiger partial charge in [0.1, 0.15) is 35.2 Å². The number of halogens is 3. The van der Waals surface area contributed by atoms with Crippen molar-refractivity contribution >= 4 is 34.0 Å². The molecule has 0 bridgehead atoms. The first-order valence-corrected chi connectivity index (χ1v) is 8.61. The zero-order chi connectivity index (χ0) is 21.4. The number of carbonyl (C=O) groups is 1. The molecule has 0 spiro atoms. The lowest BCUT2D eigenvalue weighted by Gasteiger charge is -2.10. The van der Waals surface area contributed by atoms with Crippen molar-refractivity contribution < 1.29 is 22.7 Å². The number of ether oxygens (including phenoxy) is 1. The molecular formula is C20H14F3N5O2. The maximum Gasteiger partial charge on any atom is 0.201 e. The molecule has 4 aromatic rings. The number of H-pyrrole nitrogens is 1. The Hall–Kier alpha value is -4.08. The maximum absolute atomic E-state index is 14.4. The van der Waals surface area contributed by atoms with Crippen LogP contribution in [0.25, 0.3) is 11.0 Å². The number of fused-ring (bicyclic) bond motifs is 1.